The zero-order valence-corrected chi connectivity index (χ0v) is 13.4. The van der Waals surface area contributed by atoms with Gasteiger partial charge in [-0.3, -0.25) is 0 Å². The molecule has 1 rings (SSSR count). The minimum Gasteiger partial charge on any atom is -0.491 e. The van der Waals surface area contributed by atoms with Crippen LogP contribution in [0.15, 0.2) is 16.6 Å². The van der Waals surface area contributed by atoms with Crippen LogP contribution in [-0.2, 0) is 16.0 Å². The van der Waals surface area contributed by atoms with Crippen molar-refractivity contribution in [1.82, 2.24) is 5.32 Å². The van der Waals surface area contributed by atoms with Gasteiger partial charge in [0.2, 0.25) is 0 Å². The maximum Gasteiger partial charge on any atom is 0.126 e. The zero-order valence-electron chi connectivity index (χ0n) is 11.8. The lowest BCUT2D eigenvalue weighted by Crippen LogP contribution is -2.19. The van der Waals surface area contributed by atoms with Crippen molar-refractivity contribution < 1.29 is 14.2 Å². The first-order chi connectivity index (χ1) is 9.19. The minimum atomic E-state index is 0.560. The summed E-state index contributed by atoms with van der Waals surface area (Å²) in [5.41, 5.74) is 2.26. The molecular formula is C14H22BrNO3. The molecule has 0 aliphatic heterocycles. The van der Waals surface area contributed by atoms with E-state index in [1.807, 2.05) is 6.92 Å². The van der Waals surface area contributed by atoms with E-state index >= 15 is 0 Å². The Morgan fingerprint density at radius 2 is 1.84 bits per heavy atom. The lowest BCUT2D eigenvalue weighted by Gasteiger charge is -2.15. The number of aryl methyl sites for hydroxylation is 1. The van der Waals surface area contributed by atoms with E-state index in [4.69, 9.17) is 14.2 Å². The van der Waals surface area contributed by atoms with Crippen LogP contribution in [0.2, 0.25) is 0 Å². The summed E-state index contributed by atoms with van der Waals surface area (Å²) in [6.07, 6.45) is 0. The Morgan fingerprint density at radius 3 is 2.53 bits per heavy atom. The molecule has 1 N–H and O–H groups in total. The molecule has 0 radical (unpaired) electrons. The number of ether oxygens (including phenoxy) is 3. The minimum absolute atomic E-state index is 0.560. The average molecular weight is 332 g/mol. The monoisotopic (exact) mass is 331 g/mol. The standard InChI is InChI=1S/C14H22BrNO3/c1-11-8-13(15)9-12(10-16-4-5-17-2)14(11)19-7-6-18-3/h8-9,16H,4-7,10H2,1-3H3. The van der Waals surface area contributed by atoms with Gasteiger partial charge in [-0.05, 0) is 24.6 Å². The highest BCUT2D eigenvalue weighted by atomic mass is 79.9. The molecule has 4 nitrogen and oxygen atoms in total. The Balaban J connectivity index is 2.69. The summed E-state index contributed by atoms with van der Waals surface area (Å²) in [6.45, 7) is 5.47. The highest BCUT2D eigenvalue weighted by Crippen LogP contribution is 2.28. The first kappa shape index (κ1) is 16.4. The second-order valence-corrected chi connectivity index (χ2v) is 5.14. The molecule has 5 heteroatoms. The number of benzene rings is 1. The number of hydrogen-bond donors (Lipinski definition) is 1. The molecule has 0 unspecified atom stereocenters. The van der Waals surface area contributed by atoms with Crippen molar-refractivity contribution in [3.05, 3.63) is 27.7 Å². The quantitative estimate of drug-likeness (QED) is 0.706. The highest BCUT2D eigenvalue weighted by Gasteiger charge is 2.09. The van der Waals surface area contributed by atoms with Gasteiger partial charge in [0, 0.05) is 37.3 Å². The van der Waals surface area contributed by atoms with Crippen LogP contribution < -0.4 is 10.1 Å². The molecule has 1 aromatic rings. The summed E-state index contributed by atoms with van der Waals surface area (Å²) < 4.78 is 16.9. The van der Waals surface area contributed by atoms with Gasteiger partial charge in [0.05, 0.1) is 13.2 Å². The van der Waals surface area contributed by atoms with E-state index in [2.05, 4.69) is 33.4 Å². The van der Waals surface area contributed by atoms with Gasteiger partial charge in [-0.1, -0.05) is 15.9 Å². The third kappa shape index (κ3) is 5.91. The van der Waals surface area contributed by atoms with Gasteiger partial charge in [-0.25, -0.2) is 0 Å². The molecule has 0 saturated heterocycles. The average Bonchev–Trinajstić information content (AvgIpc) is 2.37. The van der Waals surface area contributed by atoms with Gasteiger partial charge in [0.15, 0.2) is 0 Å². The molecule has 0 aliphatic carbocycles. The van der Waals surface area contributed by atoms with Crippen molar-refractivity contribution in [3.8, 4) is 5.75 Å². The molecule has 0 amide bonds. The normalized spacial score (nSPS) is 10.7. The predicted molar refractivity (Wildman–Crippen MR) is 79.8 cm³/mol. The molecule has 1 aromatic carbocycles. The van der Waals surface area contributed by atoms with Crippen molar-refractivity contribution in [2.24, 2.45) is 0 Å². The zero-order chi connectivity index (χ0) is 14.1. The van der Waals surface area contributed by atoms with Gasteiger partial charge in [0.25, 0.3) is 0 Å². The molecule has 0 fully saturated rings. The first-order valence-corrected chi connectivity index (χ1v) is 7.08. The Kier molecular flexibility index (Phi) is 8.05. The summed E-state index contributed by atoms with van der Waals surface area (Å²) in [5.74, 6) is 0.935. The summed E-state index contributed by atoms with van der Waals surface area (Å²) in [5, 5.41) is 3.33. The number of rotatable bonds is 9. The molecule has 0 saturated carbocycles. The fourth-order valence-electron chi connectivity index (χ4n) is 1.76. The molecular weight excluding hydrogens is 310 g/mol. The van der Waals surface area contributed by atoms with E-state index < -0.39 is 0 Å². The van der Waals surface area contributed by atoms with Crippen LogP contribution in [0, 0.1) is 6.92 Å². The van der Waals surface area contributed by atoms with Crippen LogP contribution in [0.4, 0.5) is 0 Å². The number of nitrogens with one attached hydrogen (secondary N) is 1. The van der Waals surface area contributed by atoms with Gasteiger partial charge >= 0.3 is 0 Å². The molecule has 0 spiro atoms. The Labute approximate surface area is 123 Å². The van der Waals surface area contributed by atoms with E-state index in [1.165, 1.54) is 0 Å². The van der Waals surface area contributed by atoms with E-state index in [0.29, 0.717) is 19.8 Å². The van der Waals surface area contributed by atoms with Crippen LogP contribution in [0.3, 0.4) is 0 Å². The van der Waals surface area contributed by atoms with Gasteiger partial charge in [-0.15, -0.1) is 0 Å². The smallest absolute Gasteiger partial charge is 0.126 e. The molecule has 0 atom stereocenters. The van der Waals surface area contributed by atoms with Crippen molar-refractivity contribution in [3.63, 3.8) is 0 Å². The van der Waals surface area contributed by atoms with Crippen molar-refractivity contribution >= 4 is 15.9 Å². The maximum absolute atomic E-state index is 5.80. The predicted octanol–water partition coefficient (Wildman–Crippen LogP) is 2.52. The number of halogens is 1. The summed E-state index contributed by atoms with van der Waals surface area (Å²) in [4.78, 5) is 0. The van der Waals surface area contributed by atoms with Crippen molar-refractivity contribution in [1.29, 1.82) is 0 Å². The third-order valence-corrected chi connectivity index (χ3v) is 3.11. The van der Waals surface area contributed by atoms with E-state index in [1.54, 1.807) is 14.2 Å². The van der Waals surface area contributed by atoms with E-state index in [-0.39, 0.29) is 0 Å². The lowest BCUT2D eigenvalue weighted by molar-refractivity contribution is 0.145. The third-order valence-electron chi connectivity index (χ3n) is 2.65. The van der Waals surface area contributed by atoms with Gasteiger partial charge in [0.1, 0.15) is 12.4 Å². The Hall–Kier alpha value is -0.620. The number of hydrogen-bond acceptors (Lipinski definition) is 4. The van der Waals surface area contributed by atoms with Crippen LogP contribution in [-0.4, -0.2) is 40.6 Å². The Bertz CT molecular complexity index is 385. The number of methoxy groups -OCH3 is 2. The van der Waals surface area contributed by atoms with Crippen LogP contribution in [0.25, 0.3) is 0 Å². The molecule has 0 heterocycles. The van der Waals surface area contributed by atoms with Crippen LogP contribution in [0.1, 0.15) is 11.1 Å². The van der Waals surface area contributed by atoms with Crippen LogP contribution in [0.5, 0.6) is 5.75 Å². The fraction of sp³-hybridized carbons (Fsp3) is 0.571. The van der Waals surface area contributed by atoms with Gasteiger partial charge < -0.3 is 19.5 Å². The molecule has 0 aromatic heterocycles. The Morgan fingerprint density at radius 1 is 1.11 bits per heavy atom. The van der Waals surface area contributed by atoms with Crippen molar-refractivity contribution in [2.45, 2.75) is 13.5 Å². The lowest BCUT2D eigenvalue weighted by atomic mass is 10.1. The summed E-state index contributed by atoms with van der Waals surface area (Å²) in [6, 6.07) is 4.13. The molecule has 108 valence electrons. The summed E-state index contributed by atoms with van der Waals surface area (Å²) in [7, 11) is 3.37. The topological polar surface area (TPSA) is 39.7 Å². The highest BCUT2D eigenvalue weighted by molar-refractivity contribution is 9.10. The van der Waals surface area contributed by atoms with E-state index in [9.17, 15) is 0 Å². The maximum atomic E-state index is 5.80. The van der Waals surface area contributed by atoms with E-state index in [0.717, 1.165) is 34.4 Å². The largest absolute Gasteiger partial charge is 0.491 e. The van der Waals surface area contributed by atoms with Crippen molar-refractivity contribution in [2.75, 3.05) is 40.6 Å². The second-order valence-electron chi connectivity index (χ2n) is 4.22. The second kappa shape index (κ2) is 9.31. The first-order valence-electron chi connectivity index (χ1n) is 6.29. The fourth-order valence-corrected chi connectivity index (χ4v) is 2.38. The van der Waals surface area contributed by atoms with Gasteiger partial charge in [-0.2, -0.15) is 0 Å². The molecule has 19 heavy (non-hydrogen) atoms. The summed E-state index contributed by atoms with van der Waals surface area (Å²) >= 11 is 3.52. The molecule has 0 aliphatic rings. The molecule has 0 bridgehead atoms. The van der Waals surface area contributed by atoms with Crippen LogP contribution >= 0.6 is 15.9 Å². The SMILES string of the molecule is COCCNCc1cc(Br)cc(C)c1OCCOC.